The molecule has 0 spiro atoms. The molecule has 3 heteroatoms. The number of nitrogens with one attached hydrogen (secondary N) is 1. The lowest BCUT2D eigenvalue weighted by Crippen LogP contribution is -3.12. The lowest BCUT2D eigenvalue weighted by Gasteiger charge is -2.42. The average Bonchev–Trinajstić information content (AvgIpc) is 2.12. The minimum absolute atomic E-state index is 0.197. The van der Waals surface area contributed by atoms with Crippen molar-refractivity contribution in [1.82, 2.24) is 4.90 Å². The molecule has 72 valence electrons. The van der Waals surface area contributed by atoms with Crippen LogP contribution in [0.1, 0.15) is 26.2 Å². The van der Waals surface area contributed by atoms with Crippen molar-refractivity contribution in [3.8, 4) is 0 Å². The van der Waals surface area contributed by atoms with Crippen molar-refractivity contribution in [2.45, 2.75) is 38.4 Å². The fraction of sp³-hybridized carbons (Fsp3) is 0.700. The number of carbonyl (C=O) groups is 1. The zero-order valence-corrected chi connectivity index (χ0v) is 8.29. The molecule has 0 aromatic carbocycles. The molecule has 2 aliphatic rings. The monoisotopic (exact) mass is 181 g/mol. The van der Waals surface area contributed by atoms with Gasteiger partial charge in [-0.1, -0.05) is 0 Å². The predicted molar refractivity (Wildman–Crippen MR) is 50.0 cm³/mol. The molecule has 0 aromatic rings. The van der Waals surface area contributed by atoms with Gasteiger partial charge >= 0.3 is 0 Å². The largest absolute Gasteiger partial charge is 0.291 e. The zero-order chi connectivity index (χ0) is 9.42. The van der Waals surface area contributed by atoms with E-state index in [4.69, 9.17) is 0 Å². The Morgan fingerprint density at radius 2 is 2.31 bits per heavy atom. The van der Waals surface area contributed by atoms with Crippen molar-refractivity contribution in [2.75, 3.05) is 7.05 Å². The fourth-order valence-corrected chi connectivity index (χ4v) is 2.41. The molecule has 1 fully saturated rings. The summed E-state index contributed by atoms with van der Waals surface area (Å²) in [6.45, 7) is 2.15. The third-order valence-electron chi connectivity index (χ3n) is 3.18. The molecule has 2 heterocycles. The lowest BCUT2D eigenvalue weighted by atomic mass is 9.99. The highest BCUT2D eigenvalue weighted by Crippen LogP contribution is 2.21. The quantitative estimate of drug-likeness (QED) is 0.548. The highest BCUT2D eigenvalue weighted by Gasteiger charge is 2.37. The highest BCUT2D eigenvalue weighted by atomic mass is 16.2. The van der Waals surface area contributed by atoms with Crippen molar-refractivity contribution in [2.24, 2.45) is 0 Å². The van der Waals surface area contributed by atoms with E-state index in [1.165, 1.54) is 11.3 Å². The first-order chi connectivity index (χ1) is 6.20. The molecule has 3 unspecified atom stereocenters. The van der Waals surface area contributed by atoms with Gasteiger partial charge in [-0.05, 0) is 19.8 Å². The molecule has 0 bridgehead atoms. The summed E-state index contributed by atoms with van der Waals surface area (Å²) in [5.41, 5.74) is 0. The number of hydrogen-bond donors (Lipinski definition) is 1. The number of quaternary nitrogens is 1. The fourth-order valence-electron chi connectivity index (χ4n) is 2.41. The Morgan fingerprint density at radius 1 is 1.54 bits per heavy atom. The highest BCUT2D eigenvalue weighted by molar-refractivity contribution is 5.88. The molecule has 1 amide bonds. The second-order valence-electron chi connectivity index (χ2n) is 4.12. The molecule has 0 saturated carbocycles. The van der Waals surface area contributed by atoms with E-state index in [1.54, 1.807) is 6.08 Å². The Bertz CT molecular complexity index is 249. The number of piperidine rings is 1. The second kappa shape index (κ2) is 3.14. The zero-order valence-electron chi connectivity index (χ0n) is 8.29. The van der Waals surface area contributed by atoms with Crippen LogP contribution in [0.5, 0.6) is 0 Å². The van der Waals surface area contributed by atoms with E-state index in [0.717, 1.165) is 12.8 Å². The molecular formula is C10H17N2O+. The average molecular weight is 181 g/mol. The maximum absolute atomic E-state index is 11.6. The van der Waals surface area contributed by atoms with Gasteiger partial charge in [-0.25, -0.2) is 0 Å². The van der Waals surface area contributed by atoms with Gasteiger partial charge in [0.05, 0.1) is 13.1 Å². The summed E-state index contributed by atoms with van der Waals surface area (Å²) in [4.78, 5) is 15.0. The molecule has 2 aliphatic heterocycles. The SMILES string of the molecule is CC1CCCC2N1C(=O)C=C[NH+]2C. The van der Waals surface area contributed by atoms with Crippen LogP contribution >= 0.6 is 0 Å². The van der Waals surface area contributed by atoms with Crippen LogP contribution in [0.2, 0.25) is 0 Å². The van der Waals surface area contributed by atoms with Gasteiger partial charge in [0.1, 0.15) is 6.20 Å². The van der Waals surface area contributed by atoms with E-state index in [0.29, 0.717) is 12.2 Å². The first-order valence-electron chi connectivity index (χ1n) is 5.04. The van der Waals surface area contributed by atoms with Crippen LogP contribution in [0.4, 0.5) is 0 Å². The van der Waals surface area contributed by atoms with Crippen molar-refractivity contribution in [3.63, 3.8) is 0 Å². The van der Waals surface area contributed by atoms with Crippen LogP contribution in [0.15, 0.2) is 12.3 Å². The van der Waals surface area contributed by atoms with Crippen LogP contribution in [0, 0.1) is 0 Å². The number of fused-ring (bicyclic) bond motifs is 1. The second-order valence-corrected chi connectivity index (χ2v) is 4.12. The summed E-state index contributed by atoms with van der Waals surface area (Å²) in [5.74, 6) is 0.197. The Balaban J connectivity index is 2.25. The topological polar surface area (TPSA) is 24.8 Å². The standard InChI is InChI=1S/C10H16N2O/c1-8-4-3-5-9-11(2)7-6-10(13)12(8)9/h6-9H,3-5H2,1-2H3/p+1. The number of rotatable bonds is 0. The van der Waals surface area contributed by atoms with Crippen molar-refractivity contribution >= 4 is 5.91 Å². The number of amides is 1. The molecular weight excluding hydrogens is 164 g/mol. The van der Waals surface area contributed by atoms with E-state index in [-0.39, 0.29) is 5.91 Å². The van der Waals surface area contributed by atoms with Crippen molar-refractivity contribution in [1.29, 1.82) is 0 Å². The Labute approximate surface area is 79.0 Å². The maximum Gasteiger partial charge on any atom is 0.256 e. The third kappa shape index (κ3) is 1.37. The first kappa shape index (κ1) is 8.75. The van der Waals surface area contributed by atoms with Gasteiger partial charge in [-0.2, -0.15) is 0 Å². The summed E-state index contributed by atoms with van der Waals surface area (Å²) < 4.78 is 0. The molecule has 0 aliphatic carbocycles. The van der Waals surface area contributed by atoms with E-state index in [1.807, 2.05) is 11.1 Å². The van der Waals surface area contributed by atoms with Gasteiger partial charge < -0.3 is 0 Å². The van der Waals surface area contributed by atoms with E-state index in [9.17, 15) is 4.79 Å². The number of carbonyl (C=O) groups excluding carboxylic acids is 1. The molecule has 1 saturated heterocycles. The van der Waals surface area contributed by atoms with Crippen molar-refractivity contribution < 1.29 is 9.69 Å². The normalized spacial score (nSPS) is 39.1. The summed E-state index contributed by atoms with van der Waals surface area (Å²) in [5, 5.41) is 0. The Kier molecular flexibility index (Phi) is 2.12. The van der Waals surface area contributed by atoms with Crippen LogP contribution in [-0.2, 0) is 4.79 Å². The lowest BCUT2D eigenvalue weighted by molar-refractivity contribution is -0.869. The van der Waals surface area contributed by atoms with E-state index >= 15 is 0 Å². The summed E-state index contributed by atoms with van der Waals surface area (Å²) in [6, 6.07) is 0.422. The molecule has 1 N–H and O–H groups in total. The van der Waals surface area contributed by atoms with Gasteiger partial charge in [0, 0.05) is 12.5 Å². The maximum atomic E-state index is 11.6. The summed E-state index contributed by atoms with van der Waals surface area (Å²) >= 11 is 0. The molecule has 13 heavy (non-hydrogen) atoms. The predicted octanol–water partition coefficient (Wildman–Crippen LogP) is -0.244. The van der Waals surface area contributed by atoms with E-state index < -0.39 is 0 Å². The Hall–Kier alpha value is -0.830. The van der Waals surface area contributed by atoms with Gasteiger partial charge in [0.15, 0.2) is 6.17 Å². The van der Waals surface area contributed by atoms with Crippen LogP contribution in [0.25, 0.3) is 0 Å². The van der Waals surface area contributed by atoms with Gasteiger partial charge in [-0.15, -0.1) is 0 Å². The summed E-state index contributed by atoms with van der Waals surface area (Å²) in [7, 11) is 2.12. The Morgan fingerprint density at radius 3 is 3.00 bits per heavy atom. The van der Waals surface area contributed by atoms with Crippen LogP contribution in [-0.4, -0.2) is 30.1 Å². The molecule has 2 rings (SSSR count). The smallest absolute Gasteiger partial charge is 0.256 e. The molecule has 0 aromatic heterocycles. The molecule has 3 atom stereocenters. The molecule has 3 nitrogen and oxygen atoms in total. The van der Waals surface area contributed by atoms with Gasteiger partial charge in [0.25, 0.3) is 5.91 Å². The number of hydrogen-bond acceptors (Lipinski definition) is 1. The summed E-state index contributed by atoms with van der Waals surface area (Å²) in [6.07, 6.45) is 7.62. The van der Waals surface area contributed by atoms with E-state index in [2.05, 4.69) is 14.0 Å². The molecule has 0 radical (unpaired) electrons. The van der Waals surface area contributed by atoms with Gasteiger partial charge in [-0.3, -0.25) is 14.6 Å². The van der Waals surface area contributed by atoms with Gasteiger partial charge in [0.2, 0.25) is 0 Å². The number of nitrogens with zero attached hydrogens (tertiary/aromatic N) is 1. The first-order valence-corrected chi connectivity index (χ1v) is 5.04. The van der Waals surface area contributed by atoms with Crippen molar-refractivity contribution in [3.05, 3.63) is 12.3 Å². The third-order valence-corrected chi connectivity index (χ3v) is 3.18. The minimum Gasteiger partial charge on any atom is -0.291 e. The van der Waals surface area contributed by atoms with Crippen LogP contribution < -0.4 is 4.90 Å². The minimum atomic E-state index is 0.197. The van der Waals surface area contributed by atoms with Crippen LogP contribution in [0.3, 0.4) is 0 Å².